The highest BCUT2D eigenvalue weighted by atomic mass is 32.2. The Bertz CT molecular complexity index is 1220. The van der Waals surface area contributed by atoms with Gasteiger partial charge in [-0.25, -0.2) is 0 Å². The number of carbonyl (C=O) groups is 2. The molecule has 2 aliphatic heterocycles. The van der Waals surface area contributed by atoms with Gasteiger partial charge in [0.25, 0.3) is 11.8 Å². The summed E-state index contributed by atoms with van der Waals surface area (Å²) in [5, 5.41) is 5.95. The Labute approximate surface area is 210 Å². The van der Waals surface area contributed by atoms with E-state index >= 15 is 0 Å². The first-order chi connectivity index (χ1) is 17.2. The number of amides is 2. The van der Waals surface area contributed by atoms with Gasteiger partial charge in [-0.3, -0.25) is 14.5 Å². The second-order valence-electron chi connectivity index (χ2n) is 8.60. The molecule has 0 aliphatic carbocycles. The molecule has 3 aromatic rings. The van der Waals surface area contributed by atoms with Gasteiger partial charge in [-0.1, -0.05) is 54.2 Å². The molecule has 1 fully saturated rings. The van der Waals surface area contributed by atoms with Gasteiger partial charge in [0.05, 0.1) is 10.6 Å². The molecule has 2 heterocycles. The SMILES string of the molecule is O=C1Nc2ccccc2S/C1=C/c1ccc(C(=O)NCCN2CCN(c3ccccc3)CC2)cc1. The minimum atomic E-state index is -0.111. The van der Waals surface area contributed by atoms with Crippen molar-refractivity contribution in [2.24, 2.45) is 0 Å². The third-order valence-corrected chi connectivity index (χ3v) is 7.36. The molecule has 35 heavy (non-hydrogen) atoms. The first-order valence-corrected chi connectivity index (χ1v) is 12.7. The summed E-state index contributed by atoms with van der Waals surface area (Å²) in [5.74, 6) is -0.189. The number of hydrogen-bond acceptors (Lipinski definition) is 5. The monoisotopic (exact) mass is 484 g/mol. The van der Waals surface area contributed by atoms with E-state index in [1.165, 1.54) is 17.4 Å². The zero-order valence-corrected chi connectivity index (χ0v) is 20.3. The Morgan fingerprint density at radius 3 is 2.40 bits per heavy atom. The van der Waals surface area contributed by atoms with Crippen molar-refractivity contribution in [2.45, 2.75) is 4.90 Å². The van der Waals surface area contributed by atoms with E-state index in [0.29, 0.717) is 17.0 Å². The van der Waals surface area contributed by atoms with Gasteiger partial charge in [-0.15, -0.1) is 0 Å². The van der Waals surface area contributed by atoms with Gasteiger partial charge in [0.2, 0.25) is 0 Å². The van der Waals surface area contributed by atoms with Crippen molar-refractivity contribution < 1.29 is 9.59 Å². The van der Waals surface area contributed by atoms with Crippen molar-refractivity contribution in [1.82, 2.24) is 10.2 Å². The first-order valence-electron chi connectivity index (χ1n) is 11.9. The third kappa shape index (κ3) is 5.75. The number of piperazine rings is 1. The van der Waals surface area contributed by atoms with E-state index in [-0.39, 0.29) is 11.8 Å². The summed E-state index contributed by atoms with van der Waals surface area (Å²) in [7, 11) is 0. The summed E-state index contributed by atoms with van der Waals surface area (Å²) in [5.41, 5.74) is 3.61. The van der Waals surface area contributed by atoms with Crippen LogP contribution in [0, 0.1) is 0 Å². The van der Waals surface area contributed by atoms with Crippen LogP contribution in [0.5, 0.6) is 0 Å². The first kappa shape index (κ1) is 23.2. The van der Waals surface area contributed by atoms with E-state index in [1.54, 1.807) is 12.1 Å². The molecule has 0 bridgehead atoms. The number of rotatable bonds is 6. The molecule has 1 saturated heterocycles. The van der Waals surface area contributed by atoms with Gasteiger partial charge in [-0.05, 0) is 48.0 Å². The molecule has 0 aromatic heterocycles. The lowest BCUT2D eigenvalue weighted by molar-refractivity contribution is -0.112. The van der Waals surface area contributed by atoms with Crippen LogP contribution in [-0.2, 0) is 4.79 Å². The number of para-hydroxylation sites is 2. The van der Waals surface area contributed by atoms with E-state index in [9.17, 15) is 9.59 Å². The fourth-order valence-electron chi connectivity index (χ4n) is 4.28. The summed E-state index contributed by atoms with van der Waals surface area (Å²) >= 11 is 1.46. The second-order valence-corrected chi connectivity index (χ2v) is 9.69. The molecule has 178 valence electrons. The van der Waals surface area contributed by atoms with Crippen LogP contribution in [0.25, 0.3) is 6.08 Å². The van der Waals surface area contributed by atoms with E-state index < -0.39 is 0 Å². The number of benzene rings is 3. The largest absolute Gasteiger partial charge is 0.369 e. The normalized spacial score (nSPS) is 17.1. The molecule has 0 saturated carbocycles. The lowest BCUT2D eigenvalue weighted by Crippen LogP contribution is -2.48. The van der Waals surface area contributed by atoms with Crippen LogP contribution >= 0.6 is 11.8 Å². The van der Waals surface area contributed by atoms with Crippen LogP contribution in [0.4, 0.5) is 11.4 Å². The molecule has 2 aliphatic rings. The summed E-state index contributed by atoms with van der Waals surface area (Å²) in [6, 6.07) is 25.6. The molecule has 5 rings (SSSR count). The Kier molecular flexibility index (Phi) is 7.16. The Balaban J connectivity index is 1.09. The van der Waals surface area contributed by atoms with Gasteiger partial charge in [0, 0.05) is 55.4 Å². The van der Waals surface area contributed by atoms with E-state index in [1.807, 2.05) is 48.5 Å². The lowest BCUT2D eigenvalue weighted by atomic mass is 10.1. The molecule has 0 unspecified atom stereocenters. The number of carbonyl (C=O) groups excluding carboxylic acids is 2. The van der Waals surface area contributed by atoms with Gasteiger partial charge < -0.3 is 15.5 Å². The predicted molar refractivity (Wildman–Crippen MR) is 143 cm³/mol. The van der Waals surface area contributed by atoms with Crippen LogP contribution in [0.15, 0.2) is 88.7 Å². The zero-order valence-electron chi connectivity index (χ0n) is 19.4. The number of anilines is 2. The standard InChI is InChI=1S/C28H28N4O2S/c33-27(29-14-15-31-16-18-32(19-17-31)23-6-2-1-3-7-23)22-12-10-21(11-13-22)20-26-28(34)30-24-8-4-5-9-25(24)35-26/h1-13,20H,14-19H2,(H,29,33)(H,30,34)/b26-20+. The van der Waals surface area contributed by atoms with Gasteiger partial charge in [0.1, 0.15) is 0 Å². The van der Waals surface area contributed by atoms with Crippen molar-refractivity contribution >= 4 is 41.0 Å². The van der Waals surface area contributed by atoms with Crippen LogP contribution in [0.2, 0.25) is 0 Å². The maximum atomic E-state index is 12.6. The molecular formula is C28H28N4O2S. The fraction of sp³-hybridized carbons (Fsp3) is 0.214. The Morgan fingerprint density at radius 1 is 0.914 bits per heavy atom. The smallest absolute Gasteiger partial charge is 0.262 e. The molecule has 0 atom stereocenters. The second kappa shape index (κ2) is 10.8. The quantitative estimate of drug-likeness (QED) is 0.510. The fourth-order valence-corrected chi connectivity index (χ4v) is 5.23. The van der Waals surface area contributed by atoms with Crippen molar-refractivity contribution in [2.75, 3.05) is 49.5 Å². The van der Waals surface area contributed by atoms with E-state index in [4.69, 9.17) is 0 Å². The summed E-state index contributed by atoms with van der Waals surface area (Å²) < 4.78 is 0. The molecule has 7 heteroatoms. The zero-order chi connectivity index (χ0) is 24.0. The number of thioether (sulfide) groups is 1. The number of nitrogens with zero attached hydrogens (tertiary/aromatic N) is 2. The summed E-state index contributed by atoms with van der Waals surface area (Å²) in [6.07, 6.45) is 1.85. The lowest BCUT2D eigenvalue weighted by Gasteiger charge is -2.36. The molecular weight excluding hydrogens is 456 g/mol. The van der Waals surface area contributed by atoms with Gasteiger partial charge >= 0.3 is 0 Å². The third-order valence-electron chi connectivity index (χ3n) is 6.26. The number of hydrogen-bond donors (Lipinski definition) is 2. The number of nitrogens with one attached hydrogen (secondary N) is 2. The van der Waals surface area contributed by atoms with Gasteiger partial charge in [-0.2, -0.15) is 0 Å². The summed E-state index contributed by atoms with van der Waals surface area (Å²) in [4.78, 5) is 31.4. The minimum Gasteiger partial charge on any atom is -0.369 e. The highest BCUT2D eigenvalue weighted by Crippen LogP contribution is 2.38. The predicted octanol–water partition coefficient (Wildman–Crippen LogP) is 4.32. The van der Waals surface area contributed by atoms with E-state index in [0.717, 1.165) is 48.9 Å². The Hall–Kier alpha value is -3.55. The van der Waals surface area contributed by atoms with Crippen molar-refractivity contribution in [1.29, 1.82) is 0 Å². The molecule has 0 radical (unpaired) electrons. The molecule has 2 amide bonds. The van der Waals surface area contributed by atoms with Crippen LogP contribution in [-0.4, -0.2) is 56.0 Å². The molecule has 2 N–H and O–H groups in total. The molecule has 0 spiro atoms. The minimum absolute atomic E-state index is 0.0779. The molecule has 3 aromatic carbocycles. The summed E-state index contributed by atoms with van der Waals surface area (Å²) in [6.45, 7) is 5.43. The van der Waals surface area contributed by atoms with Crippen LogP contribution in [0.3, 0.4) is 0 Å². The van der Waals surface area contributed by atoms with Crippen LogP contribution < -0.4 is 15.5 Å². The van der Waals surface area contributed by atoms with Crippen molar-refractivity contribution in [3.63, 3.8) is 0 Å². The average Bonchev–Trinajstić information content (AvgIpc) is 2.90. The van der Waals surface area contributed by atoms with Crippen molar-refractivity contribution in [3.8, 4) is 0 Å². The van der Waals surface area contributed by atoms with Crippen LogP contribution in [0.1, 0.15) is 15.9 Å². The van der Waals surface area contributed by atoms with Crippen molar-refractivity contribution in [3.05, 3.63) is 94.9 Å². The maximum absolute atomic E-state index is 12.6. The Morgan fingerprint density at radius 2 is 1.63 bits per heavy atom. The van der Waals surface area contributed by atoms with E-state index in [2.05, 4.69) is 44.7 Å². The number of fused-ring (bicyclic) bond motifs is 1. The average molecular weight is 485 g/mol. The molecule has 6 nitrogen and oxygen atoms in total. The van der Waals surface area contributed by atoms with Gasteiger partial charge in [0.15, 0.2) is 0 Å². The maximum Gasteiger partial charge on any atom is 0.262 e. The topological polar surface area (TPSA) is 64.7 Å². The highest BCUT2D eigenvalue weighted by molar-refractivity contribution is 8.04. The highest BCUT2D eigenvalue weighted by Gasteiger charge is 2.20.